The van der Waals surface area contributed by atoms with E-state index >= 15 is 0 Å². The minimum atomic E-state index is -4.11. The third-order valence-electron chi connectivity index (χ3n) is 5.88. The number of ether oxygens (including phenoxy) is 1. The van der Waals surface area contributed by atoms with E-state index in [4.69, 9.17) is 8.92 Å². The number of hydrogen-bond acceptors (Lipinski definition) is 7. The molecule has 4 aromatic rings. The average Bonchev–Trinajstić information content (AvgIpc) is 3.18. The van der Waals surface area contributed by atoms with Crippen molar-refractivity contribution in [3.63, 3.8) is 0 Å². The average molecular weight is 625 g/mol. The van der Waals surface area contributed by atoms with Crippen molar-refractivity contribution >= 4 is 65.8 Å². The highest BCUT2D eigenvalue weighted by Gasteiger charge is 2.35. The Bertz CT molecular complexity index is 1720. The fourth-order valence-corrected chi connectivity index (χ4v) is 6.53. The van der Waals surface area contributed by atoms with Crippen molar-refractivity contribution in [1.82, 2.24) is 4.90 Å². The van der Waals surface area contributed by atoms with Crippen LogP contribution in [0.1, 0.15) is 18.1 Å². The van der Waals surface area contributed by atoms with Crippen LogP contribution in [0.4, 0.5) is 4.79 Å². The molecule has 1 saturated heterocycles. The van der Waals surface area contributed by atoms with Gasteiger partial charge in [0.1, 0.15) is 4.90 Å². The normalized spacial score (nSPS) is 14.8. The third-order valence-corrected chi connectivity index (χ3v) is 8.61. The fourth-order valence-electron chi connectivity index (χ4n) is 4.07. The standard InChI is InChI=1S/C29H22BrNO6S2/c1-2-36-25-16-20(15-24(30)27(25)37-39(34,35)23-10-4-3-5-11-23)17-26-28(32)31(29(33)38-26)18-19-12-13-21-8-6-7-9-22(21)14-19/h3-17H,2,18H2,1H3/b26-17-. The molecule has 0 aromatic heterocycles. The molecule has 1 aliphatic rings. The van der Waals surface area contributed by atoms with E-state index in [0.29, 0.717) is 10.0 Å². The monoisotopic (exact) mass is 623 g/mol. The predicted molar refractivity (Wildman–Crippen MR) is 155 cm³/mol. The summed E-state index contributed by atoms with van der Waals surface area (Å²) in [5, 5.41) is 1.75. The lowest BCUT2D eigenvalue weighted by Gasteiger charge is -2.15. The van der Waals surface area contributed by atoms with Crippen molar-refractivity contribution in [2.75, 3.05) is 6.61 Å². The van der Waals surface area contributed by atoms with Gasteiger partial charge >= 0.3 is 10.1 Å². The Labute approximate surface area is 238 Å². The molecule has 1 fully saturated rings. The van der Waals surface area contributed by atoms with Crippen molar-refractivity contribution in [2.24, 2.45) is 0 Å². The molecule has 198 valence electrons. The molecule has 1 aliphatic heterocycles. The van der Waals surface area contributed by atoms with Crippen LogP contribution >= 0.6 is 27.7 Å². The molecule has 0 spiro atoms. The van der Waals surface area contributed by atoms with Crippen LogP contribution in [0.15, 0.2) is 99.2 Å². The number of carbonyl (C=O) groups excluding carboxylic acids is 2. The minimum absolute atomic E-state index is 0.00325. The molecular weight excluding hydrogens is 602 g/mol. The van der Waals surface area contributed by atoms with Crippen molar-refractivity contribution in [3.8, 4) is 11.5 Å². The molecule has 0 unspecified atom stereocenters. The first-order valence-corrected chi connectivity index (χ1v) is 15.0. The number of hydrogen-bond donors (Lipinski definition) is 0. The summed E-state index contributed by atoms with van der Waals surface area (Å²) in [7, 11) is -4.11. The van der Waals surface area contributed by atoms with E-state index in [1.165, 1.54) is 17.0 Å². The summed E-state index contributed by atoms with van der Waals surface area (Å²) in [6.07, 6.45) is 1.58. The summed E-state index contributed by atoms with van der Waals surface area (Å²) in [5.41, 5.74) is 1.38. The Hall–Kier alpha value is -3.60. The highest BCUT2D eigenvalue weighted by atomic mass is 79.9. The molecule has 0 radical (unpaired) electrons. The number of imide groups is 1. The zero-order valence-electron chi connectivity index (χ0n) is 20.7. The fraction of sp³-hybridized carbons (Fsp3) is 0.103. The summed E-state index contributed by atoms with van der Waals surface area (Å²) in [6, 6.07) is 24.7. The van der Waals surface area contributed by atoms with Gasteiger partial charge in [0, 0.05) is 0 Å². The van der Waals surface area contributed by atoms with Gasteiger partial charge in [0.15, 0.2) is 11.5 Å². The molecule has 0 saturated carbocycles. The van der Waals surface area contributed by atoms with Crippen molar-refractivity contribution in [2.45, 2.75) is 18.4 Å². The van der Waals surface area contributed by atoms with E-state index in [2.05, 4.69) is 15.9 Å². The first-order valence-electron chi connectivity index (χ1n) is 11.9. The van der Waals surface area contributed by atoms with Gasteiger partial charge in [-0.05, 0) is 92.9 Å². The summed E-state index contributed by atoms with van der Waals surface area (Å²) < 4.78 is 37.0. The Balaban J connectivity index is 1.41. The summed E-state index contributed by atoms with van der Waals surface area (Å²) in [6.45, 7) is 2.17. The zero-order chi connectivity index (χ0) is 27.6. The van der Waals surface area contributed by atoms with Crippen molar-refractivity contribution in [3.05, 3.63) is 105 Å². The smallest absolute Gasteiger partial charge is 0.339 e. The van der Waals surface area contributed by atoms with Crippen LogP contribution < -0.4 is 8.92 Å². The molecule has 1 heterocycles. The van der Waals surface area contributed by atoms with Gasteiger partial charge in [0.25, 0.3) is 11.1 Å². The van der Waals surface area contributed by atoms with E-state index in [9.17, 15) is 18.0 Å². The van der Waals surface area contributed by atoms with Crippen LogP contribution in [0.2, 0.25) is 0 Å². The van der Waals surface area contributed by atoms with Crippen LogP contribution in [-0.2, 0) is 21.5 Å². The van der Waals surface area contributed by atoms with Crippen LogP contribution in [0, 0.1) is 0 Å². The maximum Gasteiger partial charge on any atom is 0.339 e. The van der Waals surface area contributed by atoms with Gasteiger partial charge < -0.3 is 8.92 Å². The Morgan fingerprint density at radius 2 is 1.64 bits per heavy atom. The summed E-state index contributed by atoms with van der Waals surface area (Å²) in [4.78, 5) is 27.4. The van der Waals surface area contributed by atoms with Gasteiger partial charge in [-0.15, -0.1) is 0 Å². The number of thioether (sulfide) groups is 1. The van der Waals surface area contributed by atoms with Gasteiger partial charge in [-0.2, -0.15) is 8.42 Å². The number of rotatable bonds is 8. The topological polar surface area (TPSA) is 90.0 Å². The predicted octanol–water partition coefficient (Wildman–Crippen LogP) is 7.01. The van der Waals surface area contributed by atoms with Crippen LogP contribution in [-0.4, -0.2) is 31.1 Å². The first kappa shape index (κ1) is 27.0. The molecule has 39 heavy (non-hydrogen) atoms. The molecule has 10 heteroatoms. The molecule has 0 bridgehead atoms. The highest BCUT2D eigenvalue weighted by Crippen LogP contribution is 2.41. The van der Waals surface area contributed by atoms with Crippen LogP contribution in [0.3, 0.4) is 0 Å². The number of carbonyl (C=O) groups is 2. The quantitative estimate of drug-likeness (QED) is 0.154. The maximum absolute atomic E-state index is 13.2. The first-order chi connectivity index (χ1) is 18.7. The summed E-state index contributed by atoms with van der Waals surface area (Å²) >= 11 is 4.23. The molecule has 7 nitrogen and oxygen atoms in total. The van der Waals surface area contributed by atoms with Gasteiger partial charge in [-0.1, -0.05) is 54.6 Å². The third kappa shape index (κ3) is 5.88. The molecule has 5 rings (SSSR count). The SMILES string of the molecule is CCOc1cc(/C=C2\SC(=O)N(Cc3ccc4ccccc4c3)C2=O)cc(Br)c1OS(=O)(=O)c1ccccc1. The highest BCUT2D eigenvalue weighted by molar-refractivity contribution is 9.10. The Morgan fingerprint density at radius 3 is 2.38 bits per heavy atom. The van der Waals surface area contributed by atoms with Gasteiger partial charge in [0.05, 0.1) is 22.5 Å². The minimum Gasteiger partial charge on any atom is -0.490 e. The molecule has 0 aliphatic carbocycles. The number of amides is 2. The lowest BCUT2D eigenvalue weighted by Crippen LogP contribution is -2.27. The molecule has 2 amide bonds. The van der Waals surface area contributed by atoms with E-state index in [0.717, 1.165) is 28.1 Å². The van der Waals surface area contributed by atoms with Gasteiger partial charge in [-0.3, -0.25) is 14.5 Å². The largest absolute Gasteiger partial charge is 0.490 e. The van der Waals surface area contributed by atoms with Gasteiger partial charge in [-0.25, -0.2) is 0 Å². The van der Waals surface area contributed by atoms with E-state index < -0.39 is 16.0 Å². The lowest BCUT2D eigenvalue weighted by atomic mass is 10.1. The van der Waals surface area contributed by atoms with E-state index in [1.807, 2.05) is 42.5 Å². The van der Waals surface area contributed by atoms with Crippen molar-refractivity contribution in [1.29, 1.82) is 0 Å². The summed E-state index contributed by atoms with van der Waals surface area (Å²) in [5.74, 6) is -0.241. The van der Waals surface area contributed by atoms with E-state index in [1.54, 1.807) is 43.3 Å². The molecule has 0 N–H and O–H groups in total. The zero-order valence-corrected chi connectivity index (χ0v) is 23.9. The van der Waals surface area contributed by atoms with E-state index in [-0.39, 0.29) is 39.7 Å². The number of halogens is 1. The Morgan fingerprint density at radius 1 is 0.923 bits per heavy atom. The Kier molecular flexibility index (Phi) is 7.79. The molecular formula is C29H22BrNO6S2. The van der Waals surface area contributed by atoms with Crippen LogP contribution in [0.25, 0.3) is 16.8 Å². The second kappa shape index (κ2) is 11.3. The molecule has 0 atom stereocenters. The van der Waals surface area contributed by atoms with Gasteiger partial charge in [0.2, 0.25) is 0 Å². The lowest BCUT2D eigenvalue weighted by molar-refractivity contribution is -0.123. The number of nitrogens with zero attached hydrogens (tertiary/aromatic N) is 1. The molecule has 4 aromatic carbocycles. The maximum atomic E-state index is 13.2. The number of fused-ring (bicyclic) bond motifs is 1. The second-order valence-corrected chi connectivity index (χ2v) is 12.0. The second-order valence-electron chi connectivity index (χ2n) is 8.56. The number of benzene rings is 4. The van der Waals surface area contributed by atoms with Crippen molar-refractivity contribution < 1.29 is 26.9 Å². The van der Waals surface area contributed by atoms with Crippen LogP contribution in [0.5, 0.6) is 11.5 Å².